The molecule has 0 radical (unpaired) electrons. The van der Waals surface area contributed by atoms with Crippen LogP contribution < -0.4 is 0 Å². The highest BCUT2D eigenvalue weighted by Gasteiger charge is 2.27. The fourth-order valence-corrected chi connectivity index (χ4v) is 3.26. The van der Waals surface area contributed by atoms with Crippen molar-refractivity contribution in [3.05, 3.63) is 59.5 Å². The number of pyridine rings is 1. The minimum Gasteiger partial charge on any atom is -0.474 e. The van der Waals surface area contributed by atoms with Crippen molar-refractivity contribution in [1.29, 1.82) is 0 Å². The molecule has 2 aromatic heterocycles. The Balaban J connectivity index is 1.85. The molecule has 0 amide bonds. The third-order valence-corrected chi connectivity index (χ3v) is 4.80. The highest BCUT2D eigenvalue weighted by atomic mass is 19.3. The lowest BCUT2D eigenvalue weighted by Crippen LogP contribution is -2.39. The Hall–Kier alpha value is -2.74. The van der Waals surface area contributed by atoms with Gasteiger partial charge in [0.2, 0.25) is 5.76 Å². The number of aromatic nitrogens is 2. The zero-order valence-corrected chi connectivity index (χ0v) is 16.5. The van der Waals surface area contributed by atoms with Crippen LogP contribution in [0.5, 0.6) is 0 Å². The Morgan fingerprint density at radius 2 is 2.17 bits per heavy atom. The Labute approximate surface area is 168 Å². The number of halogens is 2. The summed E-state index contributed by atoms with van der Waals surface area (Å²) in [7, 11) is 0. The molecule has 1 atom stereocenters. The van der Waals surface area contributed by atoms with Crippen LogP contribution >= 0.6 is 0 Å². The number of hydrogen-bond acceptors (Lipinski definition) is 6. The summed E-state index contributed by atoms with van der Waals surface area (Å²) >= 11 is 0. The van der Waals surface area contributed by atoms with Gasteiger partial charge < -0.3 is 19.3 Å². The molecule has 6 nitrogen and oxygen atoms in total. The molecule has 3 rings (SSSR count). The van der Waals surface area contributed by atoms with Gasteiger partial charge in [0.15, 0.2) is 5.88 Å². The Bertz CT molecular complexity index is 863. The van der Waals surface area contributed by atoms with Gasteiger partial charge in [0.1, 0.15) is 12.3 Å². The summed E-state index contributed by atoms with van der Waals surface area (Å²) < 4.78 is 37.8. The van der Waals surface area contributed by atoms with E-state index < -0.39 is 12.2 Å². The molecule has 0 aromatic carbocycles. The fraction of sp³-hybridized carbons (Fsp3) is 0.429. The standard InChI is InChI=1S/C21H25F2N3O3/c1-3-6-16(12-27)26-10-5-4-7-18(26)28-13-17-19(25-29-20(17)21(22)23)15-9-8-14(2)24-11-15/h4-5,7-9,11,16,21,27H,3,6,10,12-13H2,1-2H3/t16-/m0/s1. The molecule has 1 aliphatic heterocycles. The van der Waals surface area contributed by atoms with Crippen LogP contribution in [-0.2, 0) is 11.3 Å². The van der Waals surface area contributed by atoms with E-state index in [1.807, 2.05) is 30.9 Å². The molecule has 8 heteroatoms. The van der Waals surface area contributed by atoms with Crippen LogP contribution in [0.25, 0.3) is 11.3 Å². The van der Waals surface area contributed by atoms with Crippen LogP contribution in [0.4, 0.5) is 8.78 Å². The zero-order valence-electron chi connectivity index (χ0n) is 16.5. The lowest BCUT2D eigenvalue weighted by molar-refractivity contribution is 0.0528. The number of aliphatic hydroxyl groups is 1. The Morgan fingerprint density at radius 1 is 1.34 bits per heavy atom. The highest BCUT2D eigenvalue weighted by molar-refractivity contribution is 5.62. The molecule has 1 aliphatic rings. The summed E-state index contributed by atoms with van der Waals surface area (Å²) in [6, 6.07) is 3.44. The van der Waals surface area contributed by atoms with Gasteiger partial charge in [-0.05, 0) is 31.6 Å². The van der Waals surface area contributed by atoms with E-state index in [2.05, 4.69) is 10.1 Å². The number of ether oxygens (including phenoxy) is 1. The molecule has 0 saturated carbocycles. The summed E-state index contributed by atoms with van der Waals surface area (Å²) in [5, 5.41) is 13.6. The molecule has 0 aliphatic carbocycles. The largest absolute Gasteiger partial charge is 0.474 e. The molecular formula is C21H25F2N3O3. The first-order valence-electron chi connectivity index (χ1n) is 9.61. The van der Waals surface area contributed by atoms with Crippen LogP contribution in [0.2, 0.25) is 0 Å². The van der Waals surface area contributed by atoms with E-state index in [1.165, 1.54) is 0 Å². The molecule has 0 fully saturated rings. The van der Waals surface area contributed by atoms with Gasteiger partial charge in [-0.3, -0.25) is 4.98 Å². The van der Waals surface area contributed by atoms with Crippen molar-refractivity contribution < 1.29 is 23.1 Å². The Kier molecular flexibility index (Phi) is 6.98. The molecule has 2 aromatic rings. The number of nitrogens with zero attached hydrogens (tertiary/aromatic N) is 3. The lowest BCUT2D eigenvalue weighted by Gasteiger charge is -2.34. The number of aliphatic hydroxyl groups excluding tert-OH is 1. The van der Waals surface area contributed by atoms with E-state index in [-0.39, 0.29) is 24.8 Å². The van der Waals surface area contributed by atoms with Crippen molar-refractivity contribution in [3.63, 3.8) is 0 Å². The molecular weight excluding hydrogens is 380 g/mol. The van der Waals surface area contributed by atoms with Crippen LogP contribution in [0, 0.1) is 6.92 Å². The monoisotopic (exact) mass is 405 g/mol. The summed E-state index contributed by atoms with van der Waals surface area (Å²) in [5.41, 5.74) is 1.87. The van der Waals surface area contributed by atoms with Crippen molar-refractivity contribution >= 4 is 0 Å². The van der Waals surface area contributed by atoms with Gasteiger partial charge in [0.05, 0.1) is 18.2 Å². The zero-order chi connectivity index (χ0) is 20.8. The predicted molar refractivity (Wildman–Crippen MR) is 104 cm³/mol. The van der Waals surface area contributed by atoms with Crippen molar-refractivity contribution in [2.75, 3.05) is 13.2 Å². The number of aryl methyl sites for hydroxylation is 1. The number of allylic oxidation sites excluding steroid dienone is 2. The smallest absolute Gasteiger partial charge is 0.298 e. The topological polar surface area (TPSA) is 71.6 Å². The second-order valence-electron chi connectivity index (χ2n) is 6.86. The molecule has 3 heterocycles. The first-order chi connectivity index (χ1) is 14.0. The summed E-state index contributed by atoms with van der Waals surface area (Å²) in [5.74, 6) is 0.0146. The van der Waals surface area contributed by atoms with Crippen molar-refractivity contribution in [1.82, 2.24) is 15.0 Å². The first kappa shape index (κ1) is 21.0. The highest BCUT2D eigenvalue weighted by Crippen LogP contribution is 2.33. The predicted octanol–water partition coefficient (Wildman–Crippen LogP) is 4.37. The normalized spacial score (nSPS) is 15.0. The van der Waals surface area contributed by atoms with Crippen molar-refractivity contribution in [2.24, 2.45) is 0 Å². The van der Waals surface area contributed by atoms with Gasteiger partial charge in [-0.25, -0.2) is 8.78 Å². The van der Waals surface area contributed by atoms with E-state index in [0.717, 1.165) is 18.5 Å². The molecule has 0 bridgehead atoms. The third-order valence-electron chi connectivity index (χ3n) is 4.80. The molecule has 0 spiro atoms. The third kappa shape index (κ3) is 4.82. The van der Waals surface area contributed by atoms with E-state index in [4.69, 9.17) is 9.26 Å². The van der Waals surface area contributed by atoms with Crippen LogP contribution in [0.15, 0.2) is 47.0 Å². The fourth-order valence-electron chi connectivity index (χ4n) is 3.26. The molecule has 0 saturated heterocycles. The van der Waals surface area contributed by atoms with Crippen LogP contribution in [0.3, 0.4) is 0 Å². The van der Waals surface area contributed by atoms with E-state index in [0.29, 0.717) is 23.7 Å². The average molecular weight is 405 g/mol. The van der Waals surface area contributed by atoms with Gasteiger partial charge in [0, 0.05) is 24.0 Å². The lowest BCUT2D eigenvalue weighted by atomic mass is 10.1. The molecule has 1 N–H and O–H groups in total. The number of rotatable bonds is 9. The minimum atomic E-state index is -2.81. The maximum atomic E-state index is 13.5. The van der Waals surface area contributed by atoms with Gasteiger partial charge in [-0.1, -0.05) is 30.7 Å². The molecule has 156 valence electrons. The first-order valence-corrected chi connectivity index (χ1v) is 9.61. The summed E-state index contributed by atoms with van der Waals surface area (Å²) in [6.45, 7) is 4.32. The second kappa shape index (κ2) is 9.65. The van der Waals surface area contributed by atoms with Crippen molar-refractivity contribution in [3.8, 4) is 11.3 Å². The Morgan fingerprint density at radius 3 is 2.83 bits per heavy atom. The molecule has 29 heavy (non-hydrogen) atoms. The number of alkyl halides is 2. The number of hydrogen-bond donors (Lipinski definition) is 1. The maximum absolute atomic E-state index is 13.5. The van der Waals surface area contributed by atoms with E-state index in [9.17, 15) is 13.9 Å². The summed E-state index contributed by atoms with van der Waals surface area (Å²) in [4.78, 5) is 6.14. The second-order valence-corrected chi connectivity index (χ2v) is 6.86. The van der Waals surface area contributed by atoms with Crippen molar-refractivity contribution in [2.45, 2.75) is 45.8 Å². The summed E-state index contributed by atoms with van der Waals surface area (Å²) in [6.07, 6.45) is 6.03. The van der Waals surface area contributed by atoms with Gasteiger partial charge in [0.25, 0.3) is 6.43 Å². The average Bonchev–Trinajstić information content (AvgIpc) is 3.15. The quantitative estimate of drug-likeness (QED) is 0.668. The maximum Gasteiger partial charge on any atom is 0.298 e. The van der Waals surface area contributed by atoms with Gasteiger partial charge in [-0.15, -0.1) is 0 Å². The minimum absolute atomic E-state index is 0.0157. The molecule has 0 unspecified atom stereocenters. The SMILES string of the molecule is CCC[C@@H](CO)N1CC=CC=C1OCc1c(-c2ccc(C)nc2)noc1C(F)F. The van der Waals surface area contributed by atoms with Crippen LogP contribution in [0.1, 0.15) is 43.2 Å². The van der Waals surface area contributed by atoms with Gasteiger partial charge >= 0.3 is 0 Å². The van der Waals surface area contributed by atoms with Gasteiger partial charge in [-0.2, -0.15) is 0 Å². The van der Waals surface area contributed by atoms with E-state index in [1.54, 1.807) is 24.4 Å². The van der Waals surface area contributed by atoms with Crippen LogP contribution in [-0.4, -0.2) is 39.3 Å². The van der Waals surface area contributed by atoms with E-state index >= 15 is 0 Å².